The molecule has 2 heterocycles. The Bertz CT molecular complexity index is 722. The summed E-state index contributed by atoms with van der Waals surface area (Å²) in [4.78, 5) is 14.7. The Morgan fingerprint density at radius 2 is 2.04 bits per heavy atom. The molecule has 6 nitrogen and oxygen atoms in total. The Labute approximate surface area is 149 Å². The van der Waals surface area contributed by atoms with E-state index in [1.165, 1.54) is 12.0 Å². The van der Waals surface area contributed by atoms with Gasteiger partial charge < -0.3 is 10.6 Å². The molecule has 1 saturated heterocycles. The first-order valence-electron chi connectivity index (χ1n) is 8.88. The number of amides is 1. The first-order valence-corrected chi connectivity index (χ1v) is 8.88. The van der Waals surface area contributed by atoms with Crippen molar-refractivity contribution < 1.29 is 4.79 Å². The van der Waals surface area contributed by atoms with Gasteiger partial charge in [0.1, 0.15) is 5.82 Å². The molecular weight excluding hydrogens is 314 g/mol. The van der Waals surface area contributed by atoms with E-state index in [2.05, 4.69) is 27.6 Å². The van der Waals surface area contributed by atoms with Crippen LogP contribution in [-0.2, 0) is 4.79 Å². The molecule has 134 valence electrons. The molecule has 1 aromatic heterocycles. The molecule has 1 aliphatic heterocycles. The average molecular weight is 341 g/mol. The quantitative estimate of drug-likeness (QED) is 0.874. The lowest BCUT2D eigenvalue weighted by molar-refractivity contribution is -0.117. The molecule has 0 bridgehead atoms. The SMILES string of the molecule is CNC1CCCN(CC(=O)Nc2cc(C)nn2-c2ccc(C)cc2)C1. The number of rotatable bonds is 5. The number of likely N-dealkylation sites (tertiary alicyclic amines) is 1. The molecule has 0 radical (unpaired) electrons. The zero-order chi connectivity index (χ0) is 17.8. The van der Waals surface area contributed by atoms with E-state index in [9.17, 15) is 4.79 Å². The van der Waals surface area contributed by atoms with E-state index in [0.29, 0.717) is 18.4 Å². The molecular formula is C19H27N5O. The fourth-order valence-corrected chi connectivity index (χ4v) is 3.29. The fourth-order valence-electron chi connectivity index (χ4n) is 3.29. The number of carbonyl (C=O) groups excluding carboxylic acids is 1. The summed E-state index contributed by atoms with van der Waals surface area (Å²) in [5, 5.41) is 10.8. The molecule has 6 heteroatoms. The van der Waals surface area contributed by atoms with Crippen molar-refractivity contribution in [2.24, 2.45) is 0 Å². The Morgan fingerprint density at radius 3 is 2.76 bits per heavy atom. The van der Waals surface area contributed by atoms with Gasteiger partial charge in [0.25, 0.3) is 0 Å². The fraction of sp³-hybridized carbons (Fsp3) is 0.474. The Hall–Kier alpha value is -2.18. The number of likely N-dealkylation sites (N-methyl/N-ethyl adjacent to an activating group) is 1. The van der Waals surface area contributed by atoms with E-state index >= 15 is 0 Å². The number of anilines is 1. The highest BCUT2D eigenvalue weighted by atomic mass is 16.2. The number of nitrogens with one attached hydrogen (secondary N) is 2. The summed E-state index contributed by atoms with van der Waals surface area (Å²) in [6.45, 7) is 6.29. The molecule has 1 fully saturated rings. The summed E-state index contributed by atoms with van der Waals surface area (Å²) in [6, 6.07) is 10.5. The zero-order valence-electron chi connectivity index (χ0n) is 15.2. The maximum absolute atomic E-state index is 12.5. The van der Waals surface area contributed by atoms with Gasteiger partial charge in [0, 0.05) is 18.7 Å². The van der Waals surface area contributed by atoms with E-state index < -0.39 is 0 Å². The van der Waals surface area contributed by atoms with Gasteiger partial charge in [0.05, 0.1) is 17.9 Å². The third-order valence-corrected chi connectivity index (χ3v) is 4.66. The maximum atomic E-state index is 12.5. The second-order valence-electron chi connectivity index (χ2n) is 6.83. The van der Waals surface area contributed by atoms with Gasteiger partial charge in [-0.2, -0.15) is 5.10 Å². The molecule has 3 rings (SSSR count). The molecule has 0 aliphatic carbocycles. The van der Waals surface area contributed by atoms with Crippen LogP contribution in [0.3, 0.4) is 0 Å². The lowest BCUT2D eigenvalue weighted by Crippen LogP contribution is -2.47. The summed E-state index contributed by atoms with van der Waals surface area (Å²) in [5.74, 6) is 0.721. The van der Waals surface area contributed by atoms with Crippen molar-refractivity contribution in [1.29, 1.82) is 0 Å². The van der Waals surface area contributed by atoms with E-state index in [-0.39, 0.29) is 5.91 Å². The molecule has 25 heavy (non-hydrogen) atoms. The second kappa shape index (κ2) is 7.80. The third-order valence-electron chi connectivity index (χ3n) is 4.66. The standard InChI is InChI=1S/C19H27N5O/c1-14-6-8-17(9-7-14)24-18(11-15(2)22-24)21-19(25)13-23-10-4-5-16(12-23)20-3/h6-9,11,16,20H,4-5,10,12-13H2,1-3H3,(H,21,25). The predicted octanol–water partition coefficient (Wildman–Crippen LogP) is 2.11. The monoisotopic (exact) mass is 341 g/mol. The van der Waals surface area contributed by atoms with Crippen LogP contribution in [-0.4, -0.2) is 53.3 Å². The summed E-state index contributed by atoms with van der Waals surface area (Å²) in [7, 11) is 1.98. The summed E-state index contributed by atoms with van der Waals surface area (Å²) >= 11 is 0. The van der Waals surface area contributed by atoms with Gasteiger partial charge in [-0.1, -0.05) is 17.7 Å². The molecule has 0 spiro atoms. The number of aromatic nitrogens is 2. The highest BCUT2D eigenvalue weighted by Gasteiger charge is 2.21. The second-order valence-corrected chi connectivity index (χ2v) is 6.83. The molecule has 0 saturated carbocycles. The summed E-state index contributed by atoms with van der Waals surface area (Å²) in [6.07, 6.45) is 2.30. The Balaban J connectivity index is 1.68. The maximum Gasteiger partial charge on any atom is 0.239 e. The van der Waals surface area contributed by atoms with Crippen LogP contribution in [0, 0.1) is 13.8 Å². The van der Waals surface area contributed by atoms with Gasteiger partial charge in [-0.05, 0) is 52.4 Å². The highest BCUT2D eigenvalue weighted by Crippen LogP contribution is 2.18. The lowest BCUT2D eigenvalue weighted by atomic mass is 10.1. The zero-order valence-corrected chi connectivity index (χ0v) is 15.2. The van der Waals surface area contributed by atoms with Crippen molar-refractivity contribution >= 4 is 11.7 Å². The molecule has 1 atom stereocenters. The van der Waals surface area contributed by atoms with Crippen molar-refractivity contribution in [2.45, 2.75) is 32.7 Å². The normalized spacial score (nSPS) is 18.3. The van der Waals surface area contributed by atoms with Crippen LogP contribution in [0.25, 0.3) is 5.69 Å². The number of nitrogens with zero attached hydrogens (tertiary/aromatic N) is 3. The Morgan fingerprint density at radius 1 is 1.28 bits per heavy atom. The van der Waals surface area contributed by atoms with Gasteiger partial charge >= 0.3 is 0 Å². The van der Waals surface area contributed by atoms with Gasteiger partial charge in [-0.25, -0.2) is 4.68 Å². The predicted molar refractivity (Wildman–Crippen MR) is 100 cm³/mol. The van der Waals surface area contributed by atoms with Gasteiger partial charge in [0.15, 0.2) is 0 Å². The van der Waals surface area contributed by atoms with Crippen LogP contribution >= 0.6 is 0 Å². The molecule has 2 N–H and O–H groups in total. The first-order chi connectivity index (χ1) is 12.0. The van der Waals surface area contributed by atoms with Crippen LogP contribution in [0.1, 0.15) is 24.1 Å². The minimum absolute atomic E-state index is 0.00464. The molecule has 1 aliphatic rings. The van der Waals surface area contributed by atoms with Crippen LogP contribution in [0.4, 0.5) is 5.82 Å². The minimum Gasteiger partial charge on any atom is -0.316 e. The molecule has 1 aromatic carbocycles. The van der Waals surface area contributed by atoms with Crippen molar-refractivity contribution in [3.8, 4) is 5.69 Å². The van der Waals surface area contributed by atoms with Crippen molar-refractivity contribution in [3.05, 3.63) is 41.6 Å². The smallest absolute Gasteiger partial charge is 0.239 e. The van der Waals surface area contributed by atoms with Crippen molar-refractivity contribution in [1.82, 2.24) is 20.0 Å². The summed E-state index contributed by atoms with van der Waals surface area (Å²) < 4.78 is 1.79. The lowest BCUT2D eigenvalue weighted by Gasteiger charge is -2.31. The number of piperidine rings is 1. The largest absolute Gasteiger partial charge is 0.316 e. The number of hydrogen-bond donors (Lipinski definition) is 2. The number of carbonyl (C=O) groups is 1. The van der Waals surface area contributed by atoms with Crippen molar-refractivity contribution in [3.63, 3.8) is 0 Å². The van der Waals surface area contributed by atoms with E-state index in [1.807, 2.05) is 44.3 Å². The molecule has 1 unspecified atom stereocenters. The van der Waals surface area contributed by atoms with E-state index in [0.717, 1.165) is 30.9 Å². The van der Waals surface area contributed by atoms with Crippen LogP contribution in [0.2, 0.25) is 0 Å². The van der Waals surface area contributed by atoms with Crippen LogP contribution < -0.4 is 10.6 Å². The number of hydrogen-bond acceptors (Lipinski definition) is 4. The minimum atomic E-state index is 0.00464. The van der Waals surface area contributed by atoms with Gasteiger partial charge in [-0.3, -0.25) is 9.69 Å². The number of aryl methyl sites for hydroxylation is 2. The van der Waals surface area contributed by atoms with E-state index in [4.69, 9.17) is 0 Å². The van der Waals surface area contributed by atoms with Gasteiger partial charge in [-0.15, -0.1) is 0 Å². The highest BCUT2D eigenvalue weighted by molar-refractivity contribution is 5.91. The van der Waals surface area contributed by atoms with Crippen LogP contribution in [0.5, 0.6) is 0 Å². The Kier molecular flexibility index (Phi) is 5.50. The van der Waals surface area contributed by atoms with Gasteiger partial charge in [0.2, 0.25) is 5.91 Å². The van der Waals surface area contributed by atoms with E-state index in [1.54, 1.807) is 4.68 Å². The first kappa shape index (κ1) is 17.6. The number of benzene rings is 1. The molecule has 2 aromatic rings. The average Bonchev–Trinajstić information content (AvgIpc) is 2.95. The topological polar surface area (TPSA) is 62.2 Å². The summed E-state index contributed by atoms with van der Waals surface area (Å²) in [5.41, 5.74) is 3.02. The third kappa shape index (κ3) is 4.46. The van der Waals surface area contributed by atoms with Crippen LogP contribution in [0.15, 0.2) is 30.3 Å². The van der Waals surface area contributed by atoms with Crippen molar-refractivity contribution in [2.75, 3.05) is 32.0 Å². The molecule has 1 amide bonds.